The minimum Gasteiger partial charge on any atom is -0.475 e. The van der Waals surface area contributed by atoms with Gasteiger partial charge in [-0.1, -0.05) is 78.9 Å². The fourth-order valence-corrected chi connectivity index (χ4v) is 3.87. The number of aliphatic carboxylic acids is 2. The van der Waals surface area contributed by atoms with Crippen LogP contribution in [-0.2, 0) is 33.7 Å². The van der Waals surface area contributed by atoms with Crippen LogP contribution in [0.15, 0.2) is 95.9 Å². The van der Waals surface area contributed by atoms with Crippen LogP contribution in [0.3, 0.4) is 0 Å². The highest BCUT2D eigenvalue weighted by atomic mass is 32.2. The lowest BCUT2D eigenvalue weighted by Crippen LogP contribution is -2.27. The summed E-state index contributed by atoms with van der Waals surface area (Å²) in [7, 11) is -1.33. The van der Waals surface area contributed by atoms with Crippen molar-refractivity contribution in [3.63, 3.8) is 0 Å². The zero-order chi connectivity index (χ0) is 33.6. The molecular weight excluding hydrogens is 628 g/mol. The van der Waals surface area contributed by atoms with Crippen molar-refractivity contribution in [3.8, 4) is 0 Å². The molecule has 0 bridgehead atoms. The quantitative estimate of drug-likeness (QED) is 0.177. The molecule has 1 unspecified atom stereocenters. The Bertz CT molecular complexity index is 1200. The Morgan fingerprint density at radius 3 is 1.43 bits per heavy atom. The molecule has 7 nitrogen and oxygen atoms in total. The second kappa shape index (κ2) is 21.7. The number of nitrogens with one attached hydrogen (secondary N) is 1. The van der Waals surface area contributed by atoms with Crippen molar-refractivity contribution in [2.24, 2.45) is 0 Å². The predicted octanol–water partition coefficient (Wildman–Crippen LogP) is 6.19. The number of hydrogen-bond acceptors (Lipinski definition) is 4. The van der Waals surface area contributed by atoms with Gasteiger partial charge in [0.2, 0.25) is 0 Å². The van der Waals surface area contributed by atoms with Gasteiger partial charge < -0.3 is 15.5 Å². The van der Waals surface area contributed by atoms with Gasteiger partial charge in [-0.15, -0.1) is 0 Å². The predicted molar refractivity (Wildman–Crippen MR) is 147 cm³/mol. The van der Waals surface area contributed by atoms with E-state index < -0.39 is 42.0 Å². The van der Waals surface area contributed by atoms with Gasteiger partial charge in [0, 0.05) is 26.2 Å². The summed E-state index contributed by atoms with van der Waals surface area (Å²) in [6.07, 6.45) is -10.2. The van der Waals surface area contributed by atoms with E-state index in [-0.39, 0.29) is 13.2 Å². The fourth-order valence-electron chi connectivity index (χ4n) is 2.68. The second-order valence-electron chi connectivity index (χ2n) is 8.06. The van der Waals surface area contributed by atoms with Gasteiger partial charge in [-0.2, -0.15) is 26.3 Å². The van der Waals surface area contributed by atoms with E-state index in [1.165, 1.54) is 5.56 Å². The molecule has 1 atom stereocenters. The van der Waals surface area contributed by atoms with Crippen molar-refractivity contribution in [2.45, 2.75) is 30.3 Å². The zero-order valence-electron chi connectivity index (χ0n) is 22.9. The van der Waals surface area contributed by atoms with Crippen LogP contribution in [0.5, 0.6) is 0 Å². The molecule has 3 aromatic rings. The highest BCUT2D eigenvalue weighted by Crippen LogP contribution is 2.15. The lowest BCUT2D eigenvalue weighted by Gasteiger charge is -2.19. The minimum atomic E-state index is -5.08. The smallest absolute Gasteiger partial charge is 0.475 e. The molecule has 0 spiro atoms. The van der Waals surface area contributed by atoms with Gasteiger partial charge in [0.25, 0.3) is 0 Å². The number of benzene rings is 3. The zero-order valence-corrected chi connectivity index (χ0v) is 23.7. The van der Waals surface area contributed by atoms with E-state index in [4.69, 9.17) is 19.8 Å². The number of nitrogens with zero attached hydrogens (tertiary/aromatic N) is 1. The molecule has 0 aliphatic carbocycles. The molecule has 3 N–H and O–H groups in total. The molecule has 0 fully saturated rings. The van der Waals surface area contributed by atoms with E-state index in [1.54, 1.807) is 16.4 Å². The van der Waals surface area contributed by atoms with Crippen molar-refractivity contribution in [1.29, 1.82) is 0 Å². The molecule has 0 saturated carbocycles. The standard InChI is InChI=1S/C15H16FNOS.C9H12FN.2C2HF3O2/c16-11-12-17(13-14-7-3-1-4-8-14)19(18)15-9-5-2-6-10-15;10-6-7-11-8-9-4-2-1-3-5-9;2*3-2(4,5)1(6)7/h1-10H,11-13H2;1-5,11H,6-8H2;2*(H,6,7). The maximum absolute atomic E-state index is 12.6. The van der Waals surface area contributed by atoms with Crippen LogP contribution >= 0.6 is 0 Å². The number of halogens is 8. The van der Waals surface area contributed by atoms with Gasteiger partial charge in [0.05, 0.1) is 4.90 Å². The van der Waals surface area contributed by atoms with E-state index in [0.29, 0.717) is 18.0 Å². The molecule has 0 heterocycles. The van der Waals surface area contributed by atoms with Gasteiger partial charge in [-0.05, 0) is 23.3 Å². The van der Waals surface area contributed by atoms with E-state index in [1.807, 2.05) is 78.9 Å². The molecular formula is C28H30F8N2O5S. The Balaban J connectivity index is 0.000000627. The van der Waals surface area contributed by atoms with Crippen LogP contribution in [0.25, 0.3) is 0 Å². The van der Waals surface area contributed by atoms with Crippen LogP contribution in [0.1, 0.15) is 11.1 Å². The molecule has 0 radical (unpaired) electrons. The Hall–Kier alpha value is -3.89. The summed E-state index contributed by atoms with van der Waals surface area (Å²) < 4.78 is 102. The Morgan fingerprint density at radius 2 is 1.07 bits per heavy atom. The molecule has 0 aliphatic rings. The number of alkyl halides is 8. The first-order valence-corrected chi connectivity index (χ1v) is 13.5. The van der Waals surface area contributed by atoms with Crippen molar-refractivity contribution >= 4 is 22.9 Å². The number of carboxylic acid groups (broad SMARTS) is 2. The Labute approximate surface area is 250 Å². The van der Waals surface area contributed by atoms with Crippen molar-refractivity contribution in [2.75, 3.05) is 26.4 Å². The van der Waals surface area contributed by atoms with Crippen LogP contribution in [-0.4, -0.2) is 69.5 Å². The number of rotatable bonds is 10. The molecule has 0 aromatic heterocycles. The van der Waals surface area contributed by atoms with Crippen LogP contribution < -0.4 is 5.32 Å². The molecule has 0 aliphatic heterocycles. The summed E-state index contributed by atoms with van der Waals surface area (Å²) in [4.78, 5) is 18.5. The molecule has 44 heavy (non-hydrogen) atoms. The lowest BCUT2D eigenvalue weighted by atomic mass is 10.2. The van der Waals surface area contributed by atoms with Gasteiger partial charge in [-0.3, -0.25) is 0 Å². The molecule has 3 aromatic carbocycles. The number of carbonyl (C=O) groups is 2. The lowest BCUT2D eigenvalue weighted by molar-refractivity contribution is -0.193. The number of carboxylic acids is 2. The molecule has 0 saturated heterocycles. The minimum absolute atomic E-state index is 0.163. The normalized spacial score (nSPS) is 11.5. The average molecular weight is 659 g/mol. The van der Waals surface area contributed by atoms with Crippen LogP contribution in [0.2, 0.25) is 0 Å². The SMILES string of the molecule is FCCNCc1ccccc1.O=C(O)C(F)(F)F.O=C(O)C(F)(F)F.O=S(c1ccccc1)N(CCF)Cc1ccccc1. The first-order chi connectivity index (χ1) is 20.6. The van der Waals surface area contributed by atoms with Gasteiger partial charge in [-0.25, -0.2) is 26.9 Å². The van der Waals surface area contributed by atoms with Gasteiger partial charge in [0.15, 0.2) is 0 Å². The fraction of sp³-hybridized carbons (Fsp3) is 0.286. The molecule has 16 heteroatoms. The van der Waals surface area contributed by atoms with Crippen molar-refractivity contribution in [1.82, 2.24) is 9.62 Å². The van der Waals surface area contributed by atoms with Crippen LogP contribution in [0.4, 0.5) is 35.1 Å². The third-order valence-electron chi connectivity index (χ3n) is 4.64. The maximum atomic E-state index is 12.6. The number of hydrogen-bond donors (Lipinski definition) is 3. The summed E-state index contributed by atoms with van der Waals surface area (Å²) in [6, 6.07) is 28.8. The van der Waals surface area contributed by atoms with Crippen LogP contribution in [0, 0.1) is 0 Å². The van der Waals surface area contributed by atoms with E-state index in [0.717, 1.165) is 12.1 Å². The second-order valence-corrected chi connectivity index (χ2v) is 9.54. The largest absolute Gasteiger partial charge is 0.490 e. The topological polar surface area (TPSA) is 107 Å². The van der Waals surface area contributed by atoms with Gasteiger partial charge >= 0.3 is 24.3 Å². The Morgan fingerprint density at radius 1 is 0.682 bits per heavy atom. The Kier molecular flexibility index (Phi) is 19.8. The summed E-state index contributed by atoms with van der Waals surface area (Å²) in [5.74, 6) is -5.51. The third-order valence-corrected chi connectivity index (χ3v) is 6.10. The third kappa shape index (κ3) is 19.3. The highest BCUT2D eigenvalue weighted by Gasteiger charge is 2.38. The van der Waals surface area contributed by atoms with Gasteiger partial charge in [0.1, 0.15) is 24.3 Å². The summed E-state index contributed by atoms with van der Waals surface area (Å²) in [5, 5.41) is 17.2. The van der Waals surface area contributed by atoms with E-state index in [9.17, 15) is 39.3 Å². The summed E-state index contributed by atoms with van der Waals surface area (Å²) >= 11 is 0. The van der Waals surface area contributed by atoms with Crippen molar-refractivity contribution in [3.05, 3.63) is 102 Å². The molecule has 3 rings (SSSR count). The summed E-state index contributed by atoms with van der Waals surface area (Å²) in [6.45, 7) is 1.03. The summed E-state index contributed by atoms with van der Waals surface area (Å²) in [5.41, 5.74) is 2.22. The molecule has 0 amide bonds. The monoisotopic (exact) mass is 658 g/mol. The first-order valence-electron chi connectivity index (χ1n) is 12.4. The average Bonchev–Trinajstić information content (AvgIpc) is 2.98. The molecule has 244 valence electrons. The highest BCUT2D eigenvalue weighted by molar-refractivity contribution is 7.82. The maximum Gasteiger partial charge on any atom is 0.490 e. The first kappa shape index (κ1) is 40.1. The van der Waals surface area contributed by atoms with E-state index >= 15 is 0 Å². The van der Waals surface area contributed by atoms with Crippen molar-refractivity contribution < 1.29 is 59.1 Å². The van der Waals surface area contributed by atoms with E-state index in [2.05, 4.69) is 5.32 Å².